The van der Waals surface area contributed by atoms with E-state index < -0.39 is 38.7 Å². The van der Waals surface area contributed by atoms with Crippen LogP contribution in [0.15, 0.2) is 36.7 Å². The second-order valence-electron chi connectivity index (χ2n) is 9.84. The van der Waals surface area contributed by atoms with Gasteiger partial charge in [0.15, 0.2) is 11.5 Å². The molecular formula is C24H26F2N4O5S. The monoisotopic (exact) mass is 520 g/mol. The van der Waals surface area contributed by atoms with Gasteiger partial charge in [-0.3, -0.25) is 4.79 Å². The van der Waals surface area contributed by atoms with Crippen LogP contribution in [-0.2, 0) is 10.0 Å². The molecule has 0 unspecified atom stereocenters. The number of hydrogen-bond donors (Lipinski definition) is 1. The molecule has 3 aromatic rings. The highest BCUT2D eigenvalue weighted by atomic mass is 32.2. The molecule has 1 saturated heterocycles. The molecule has 0 aliphatic carbocycles. The summed E-state index contributed by atoms with van der Waals surface area (Å²) >= 11 is 0. The van der Waals surface area contributed by atoms with Gasteiger partial charge in [0.25, 0.3) is 5.91 Å². The van der Waals surface area contributed by atoms with Gasteiger partial charge in [0.1, 0.15) is 25.2 Å². The van der Waals surface area contributed by atoms with E-state index >= 15 is 0 Å². The fourth-order valence-corrected chi connectivity index (χ4v) is 5.07. The maximum absolute atomic E-state index is 14.7. The lowest BCUT2D eigenvalue weighted by molar-refractivity contribution is 0.0982. The average molecular weight is 521 g/mol. The van der Waals surface area contributed by atoms with Crippen LogP contribution in [0.5, 0.6) is 11.5 Å². The predicted molar refractivity (Wildman–Crippen MR) is 128 cm³/mol. The fraction of sp³-hybridized carbons (Fsp3) is 0.417. The lowest BCUT2D eigenvalue weighted by atomic mass is 10.0. The molecule has 2 aliphatic rings. The highest BCUT2D eigenvalue weighted by molar-refractivity contribution is 7.91. The van der Waals surface area contributed by atoms with E-state index in [0.29, 0.717) is 35.7 Å². The maximum atomic E-state index is 14.7. The first kappa shape index (κ1) is 24.3. The van der Waals surface area contributed by atoms with Crippen LogP contribution in [0.1, 0.15) is 49.2 Å². The number of sulfonamides is 1. The Labute approximate surface area is 207 Å². The SMILES string of the molecule is CC(C)(C)S(=O)(=O)NC(=O)c1cnn2ccc(N3C[C@@H](F)C[C@@H]3c3cc(F)cc4c3OCCO4)cc12. The third-order valence-corrected chi connectivity index (χ3v) is 8.43. The van der Waals surface area contributed by atoms with E-state index in [1.807, 2.05) is 0 Å². The number of ether oxygens (including phenoxy) is 2. The molecule has 2 atom stereocenters. The minimum Gasteiger partial charge on any atom is -0.486 e. The van der Waals surface area contributed by atoms with Gasteiger partial charge in [0, 0.05) is 36.5 Å². The molecule has 9 nitrogen and oxygen atoms in total. The van der Waals surface area contributed by atoms with Gasteiger partial charge in [-0.1, -0.05) is 0 Å². The Morgan fingerprint density at radius 3 is 2.69 bits per heavy atom. The third-order valence-electron chi connectivity index (χ3n) is 6.36. The van der Waals surface area contributed by atoms with Crippen LogP contribution >= 0.6 is 0 Å². The molecular weight excluding hydrogens is 494 g/mol. The van der Waals surface area contributed by atoms with Crippen molar-refractivity contribution in [2.24, 2.45) is 0 Å². The van der Waals surface area contributed by atoms with E-state index in [1.54, 1.807) is 23.2 Å². The number of amides is 1. The summed E-state index contributed by atoms with van der Waals surface area (Å²) in [7, 11) is -3.94. The van der Waals surface area contributed by atoms with Crippen molar-refractivity contribution in [3.8, 4) is 11.5 Å². The lowest BCUT2D eigenvalue weighted by Crippen LogP contribution is -2.42. The number of anilines is 1. The normalized spacial score (nSPS) is 20.1. The maximum Gasteiger partial charge on any atom is 0.268 e. The zero-order valence-corrected chi connectivity index (χ0v) is 20.8. The highest BCUT2D eigenvalue weighted by Gasteiger charge is 2.37. The summed E-state index contributed by atoms with van der Waals surface area (Å²) in [4.78, 5) is 14.6. The first-order valence-corrected chi connectivity index (χ1v) is 13.0. The fourth-order valence-electron chi connectivity index (χ4n) is 4.41. The molecule has 2 aromatic heterocycles. The molecule has 0 bridgehead atoms. The largest absolute Gasteiger partial charge is 0.486 e. The summed E-state index contributed by atoms with van der Waals surface area (Å²) < 4.78 is 67.8. The number of hydrogen-bond acceptors (Lipinski definition) is 7. The number of aromatic nitrogens is 2. The first-order chi connectivity index (χ1) is 16.9. The number of alkyl halides is 1. The minimum atomic E-state index is -3.94. The third kappa shape index (κ3) is 4.23. The molecule has 12 heteroatoms. The average Bonchev–Trinajstić information content (AvgIpc) is 3.40. The van der Waals surface area contributed by atoms with E-state index in [-0.39, 0.29) is 24.3 Å². The second-order valence-corrected chi connectivity index (χ2v) is 12.3. The van der Waals surface area contributed by atoms with Crippen LogP contribution in [0.25, 0.3) is 5.52 Å². The molecule has 36 heavy (non-hydrogen) atoms. The Bertz CT molecular complexity index is 1450. The number of carbonyl (C=O) groups is 1. The Morgan fingerprint density at radius 2 is 1.94 bits per heavy atom. The van der Waals surface area contributed by atoms with Crippen molar-refractivity contribution in [1.29, 1.82) is 0 Å². The summed E-state index contributed by atoms with van der Waals surface area (Å²) in [6, 6.07) is 5.38. The predicted octanol–water partition coefficient (Wildman–Crippen LogP) is 3.39. The zero-order chi connectivity index (χ0) is 25.8. The zero-order valence-electron chi connectivity index (χ0n) is 20.0. The van der Waals surface area contributed by atoms with Crippen LogP contribution in [0.3, 0.4) is 0 Å². The van der Waals surface area contributed by atoms with Crippen molar-refractivity contribution >= 4 is 27.1 Å². The number of nitrogens with zero attached hydrogens (tertiary/aromatic N) is 3. The van der Waals surface area contributed by atoms with Crippen molar-refractivity contribution < 1.29 is 31.5 Å². The van der Waals surface area contributed by atoms with Gasteiger partial charge in [-0.05, 0) is 39.0 Å². The molecule has 5 rings (SSSR count). The molecule has 0 spiro atoms. The highest BCUT2D eigenvalue weighted by Crippen LogP contribution is 2.45. The van der Waals surface area contributed by atoms with Crippen molar-refractivity contribution in [1.82, 2.24) is 14.3 Å². The first-order valence-electron chi connectivity index (χ1n) is 11.5. The van der Waals surface area contributed by atoms with Crippen LogP contribution in [0.4, 0.5) is 14.5 Å². The van der Waals surface area contributed by atoms with Gasteiger partial charge in [0.05, 0.1) is 28.1 Å². The topological polar surface area (TPSA) is 102 Å². The number of carbonyl (C=O) groups excluding carboxylic acids is 1. The van der Waals surface area contributed by atoms with Gasteiger partial charge in [-0.2, -0.15) is 5.10 Å². The standard InChI is InChI=1S/C24H26F2N4O5S/c1-24(2,3)36(32,33)28-23(31)18-12-27-30-5-4-16(11-20(18)30)29-13-15(26)9-19(29)17-8-14(25)10-21-22(17)35-7-6-34-21/h4-5,8,10-12,15,19H,6-7,9,13H2,1-3H3,(H,28,31)/t15-,19+/m0/s1. The molecule has 1 aromatic carbocycles. The lowest BCUT2D eigenvalue weighted by Gasteiger charge is -2.30. The molecule has 192 valence electrons. The molecule has 1 amide bonds. The number of nitrogens with one attached hydrogen (secondary N) is 1. The van der Waals surface area contributed by atoms with Gasteiger partial charge in [-0.25, -0.2) is 26.4 Å². The molecule has 4 heterocycles. The Morgan fingerprint density at radius 1 is 1.19 bits per heavy atom. The van der Waals surface area contributed by atoms with Gasteiger partial charge in [-0.15, -0.1) is 0 Å². The molecule has 1 N–H and O–H groups in total. The summed E-state index contributed by atoms with van der Waals surface area (Å²) in [5.74, 6) is -0.654. The number of fused-ring (bicyclic) bond motifs is 2. The van der Waals surface area contributed by atoms with Gasteiger partial charge < -0.3 is 14.4 Å². The number of halogens is 2. The van der Waals surface area contributed by atoms with E-state index in [1.165, 1.54) is 43.6 Å². The van der Waals surface area contributed by atoms with E-state index in [9.17, 15) is 22.0 Å². The number of rotatable bonds is 4. The van der Waals surface area contributed by atoms with Gasteiger partial charge in [0.2, 0.25) is 10.0 Å². The van der Waals surface area contributed by atoms with Crippen molar-refractivity contribution in [3.63, 3.8) is 0 Å². The minimum absolute atomic E-state index is 0.0427. The molecule has 2 aliphatic heterocycles. The molecule has 0 radical (unpaired) electrons. The van der Waals surface area contributed by atoms with E-state index in [4.69, 9.17) is 9.47 Å². The van der Waals surface area contributed by atoms with Crippen molar-refractivity contribution in [2.75, 3.05) is 24.7 Å². The summed E-state index contributed by atoms with van der Waals surface area (Å²) in [6.45, 7) is 5.09. The Kier molecular flexibility index (Phi) is 5.81. The van der Waals surface area contributed by atoms with Crippen molar-refractivity contribution in [3.05, 3.63) is 53.6 Å². The van der Waals surface area contributed by atoms with Crippen molar-refractivity contribution in [2.45, 2.75) is 44.2 Å². The van der Waals surface area contributed by atoms with Crippen LogP contribution in [0.2, 0.25) is 0 Å². The second kappa shape index (κ2) is 8.61. The summed E-state index contributed by atoms with van der Waals surface area (Å²) in [5, 5.41) is 4.14. The van der Waals surface area contributed by atoms with Gasteiger partial charge >= 0.3 is 0 Å². The smallest absolute Gasteiger partial charge is 0.268 e. The summed E-state index contributed by atoms with van der Waals surface area (Å²) in [6.07, 6.45) is 1.81. The Hall–Kier alpha value is -3.41. The van der Waals surface area contributed by atoms with Crippen LogP contribution in [0, 0.1) is 5.82 Å². The quantitative estimate of drug-likeness (QED) is 0.563. The van der Waals surface area contributed by atoms with Crippen LogP contribution in [-0.4, -0.2) is 54.6 Å². The van der Waals surface area contributed by atoms with E-state index in [2.05, 4.69) is 9.82 Å². The van der Waals surface area contributed by atoms with E-state index in [0.717, 1.165) is 0 Å². The number of benzene rings is 1. The van der Waals surface area contributed by atoms with Crippen LogP contribution < -0.4 is 19.1 Å². The number of pyridine rings is 1. The molecule has 0 saturated carbocycles. The molecule has 1 fully saturated rings. The summed E-state index contributed by atoms with van der Waals surface area (Å²) in [5.41, 5.74) is 1.44. The Balaban J connectivity index is 1.53.